The molecule has 0 aliphatic rings. The molecule has 0 radical (unpaired) electrons. The average Bonchev–Trinajstić information content (AvgIpc) is 2.85. The van der Waals surface area contributed by atoms with Crippen molar-refractivity contribution in [3.8, 4) is 0 Å². The molecule has 0 fully saturated rings. The van der Waals surface area contributed by atoms with Crippen LogP contribution in [-0.2, 0) is 10.0 Å². The Kier molecular flexibility index (Phi) is 3.13. The van der Waals surface area contributed by atoms with Crippen LogP contribution in [0.15, 0.2) is 35.5 Å². The van der Waals surface area contributed by atoms with Crippen molar-refractivity contribution < 1.29 is 18.3 Å². The fraction of sp³-hybridized carbons (Fsp3) is 0. The smallest absolute Gasteiger partial charge is 0.337 e. The van der Waals surface area contributed by atoms with Crippen LogP contribution in [0.3, 0.4) is 0 Å². The lowest BCUT2D eigenvalue weighted by molar-refractivity contribution is 0.0698. The Morgan fingerprint density at radius 3 is 2.68 bits per heavy atom. The van der Waals surface area contributed by atoms with E-state index in [-0.39, 0.29) is 22.0 Å². The maximum Gasteiger partial charge on any atom is 0.337 e. The highest BCUT2D eigenvalue weighted by Gasteiger charge is 2.19. The van der Waals surface area contributed by atoms with Gasteiger partial charge in [-0.25, -0.2) is 4.79 Å². The van der Waals surface area contributed by atoms with Crippen molar-refractivity contribution in [1.29, 1.82) is 0 Å². The van der Waals surface area contributed by atoms with E-state index in [4.69, 9.17) is 10.8 Å². The number of hydrogen-bond donors (Lipinski definition) is 4. The van der Waals surface area contributed by atoms with Gasteiger partial charge in [0, 0.05) is 5.69 Å². The normalized spacial score (nSPS) is 11.2. The van der Waals surface area contributed by atoms with Crippen LogP contribution >= 0.6 is 0 Å². The Morgan fingerprint density at radius 1 is 1.37 bits per heavy atom. The highest BCUT2D eigenvalue weighted by atomic mass is 32.2. The molecule has 0 unspecified atom stereocenters. The number of aromatic amines is 1. The van der Waals surface area contributed by atoms with Crippen molar-refractivity contribution in [2.24, 2.45) is 0 Å². The first kappa shape index (κ1) is 12.9. The number of H-pyrrole nitrogens is 1. The standard InChI is InChI=1S/C10H10N4O4S/c11-6-1-2-8(7(5-6)10(15)16)14-19(17,18)9-3-4-12-13-9/h1-5,14H,11H2,(H,12,13)(H,15,16). The minimum absolute atomic E-state index is 0.0729. The highest BCUT2D eigenvalue weighted by Crippen LogP contribution is 2.21. The Morgan fingerprint density at radius 2 is 2.11 bits per heavy atom. The molecule has 0 saturated heterocycles. The van der Waals surface area contributed by atoms with E-state index in [1.807, 2.05) is 0 Å². The number of benzene rings is 1. The molecule has 0 aliphatic carbocycles. The summed E-state index contributed by atoms with van der Waals surface area (Å²) in [7, 11) is -3.91. The van der Waals surface area contributed by atoms with Crippen LogP contribution in [0.1, 0.15) is 10.4 Å². The van der Waals surface area contributed by atoms with Crippen molar-refractivity contribution in [3.63, 3.8) is 0 Å². The predicted molar refractivity (Wildman–Crippen MR) is 67.2 cm³/mol. The molecular weight excluding hydrogens is 272 g/mol. The van der Waals surface area contributed by atoms with Gasteiger partial charge in [-0.15, -0.1) is 0 Å². The van der Waals surface area contributed by atoms with Gasteiger partial charge >= 0.3 is 5.97 Å². The number of nitrogens with one attached hydrogen (secondary N) is 2. The van der Waals surface area contributed by atoms with Gasteiger partial charge in [-0.1, -0.05) is 0 Å². The van der Waals surface area contributed by atoms with Gasteiger partial charge in [0.2, 0.25) is 0 Å². The van der Waals surface area contributed by atoms with E-state index in [9.17, 15) is 13.2 Å². The third-order valence-electron chi connectivity index (χ3n) is 2.28. The monoisotopic (exact) mass is 282 g/mol. The number of carboxylic acids is 1. The highest BCUT2D eigenvalue weighted by molar-refractivity contribution is 7.92. The molecule has 1 heterocycles. The number of nitrogens with two attached hydrogens (primary N) is 1. The molecule has 1 aromatic carbocycles. The van der Waals surface area contributed by atoms with E-state index in [0.29, 0.717) is 0 Å². The zero-order valence-electron chi connectivity index (χ0n) is 9.49. The Hall–Kier alpha value is -2.55. The van der Waals surface area contributed by atoms with Crippen LogP contribution in [0.2, 0.25) is 0 Å². The van der Waals surface area contributed by atoms with Crippen LogP contribution < -0.4 is 10.5 Å². The molecule has 2 rings (SSSR count). The molecule has 0 amide bonds. The van der Waals surface area contributed by atoms with Crippen molar-refractivity contribution in [2.75, 3.05) is 10.5 Å². The first-order valence-corrected chi connectivity index (χ1v) is 6.53. The van der Waals surface area contributed by atoms with E-state index < -0.39 is 16.0 Å². The molecule has 19 heavy (non-hydrogen) atoms. The van der Waals surface area contributed by atoms with Gasteiger partial charge in [-0.2, -0.15) is 13.5 Å². The number of anilines is 2. The number of carbonyl (C=O) groups is 1. The number of hydrogen-bond acceptors (Lipinski definition) is 5. The van der Waals surface area contributed by atoms with E-state index >= 15 is 0 Å². The second kappa shape index (κ2) is 4.61. The summed E-state index contributed by atoms with van der Waals surface area (Å²) in [6.45, 7) is 0. The number of sulfonamides is 1. The summed E-state index contributed by atoms with van der Waals surface area (Å²) in [6, 6.07) is 5.11. The van der Waals surface area contributed by atoms with E-state index in [0.717, 1.165) is 0 Å². The van der Waals surface area contributed by atoms with Crippen LogP contribution in [0.5, 0.6) is 0 Å². The molecule has 0 atom stereocenters. The summed E-state index contributed by atoms with van der Waals surface area (Å²) in [6.07, 6.45) is 1.27. The van der Waals surface area contributed by atoms with E-state index in [1.54, 1.807) is 0 Å². The lowest BCUT2D eigenvalue weighted by Crippen LogP contribution is -2.16. The molecule has 0 aliphatic heterocycles. The summed E-state index contributed by atoms with van der Waals surface area (Å²) in [5.74, 6) is -1.28. The minimum atomic E-state index is -3.91. The SMILES string of the molecule is Nc1ccc(NS(=O)(=O)c2ccn[nH]2)c(C(=O)O)c1. The van der Waals surface area contributed by atoms with E-state index in [1.165, 1.54) is 30.5 Å². The molecule has 8 nitrogen and oxygen atoms in total. The Bertz CT molecular complexity index is 709. The van der Waals surface area contributed by atoms with Gasteiger partial charge in [0.15, 0.2) is 5.03 Å². The van der Waals surface area contributed by atoms with Gasteiger partial charge < -0.3 is 10.8 Å². The second-order valence-corrected chi connectivity index (χ2v) is 5.29. The first-order chi connectivity index (χ1) is 8.90. The van der Waals surface area contributed by atoms with Crippen molar-refractivity contribution in [2.45, 2.75) is 5.03 Å². The maximum atomic E-state index is 11.9. The number of carboxylic acid groups (broad SMARTS) is 1. The molecule has 0 spiro atoms. The summed E-state index contributed by atoms with van der Waals surface area (Å²) < 4.78 is 26.0. The van der Waals surface area contributed by atoms with Crippen LogP contribution in [0, 0.1) is 0 Å². The van der Waals surface area contributed by atoms with Gasteiger partial charge in [-0.05, 0) is 24.3 Å². The molecule has 0 bridgehead atoms. The van der Waals surface area contributed by atoms with Crippen molar-refractivity contribution >= 4 is 27.4 Å². The topological polar surface area (TPSA) is 138 Å². The van der Waals surface area contributed by atoms with Crippen molar-refractivity contribution in [3.05, 3.63) is 36.0 Å². The fourth-order valence-electron chi connectivity index (χ4n) is 1.42. The van der Waals surface area contributed by atoms with Crippen LogP contribution in [0.4, 0.5) is 11.4 Å². The van der Waals surface area contributed by atoms with Crippen molar-refractivity contribution in [1.82, 2.24) is 10.2 Å². The van der Waals surface area contributed by atoms with Crippen LogP contribution in [0.25, 0.3) is 0 Å². The number of nitrogens with zero attached hydrogens (tertiary/aromatic N) is 1. The lowest BCUT2D eigenvalue weighted by atomic mass is 10.1. The zero-order valence-corrected chi connectivity index (χ0v) is 10.3. The largest absolute Gasteiger partial charge is 0.478 e. The number of aromatic carboxylic acids is 1. The predicted octanol–water partition coefficient (Wildman–Crippen LogP) is 0.491. The lowest BCUT2D eigenvalue weighted by Gasteiger charge is -2.09. The summed E-state index contributed by atoms with van der Waals surface area (Å²) >= 11 is 0. The maximum absolute atomic E-state index is 11.9. The first-order valence-electron chi connectivity index (χ1n) is 5.05. The third kappa shape index (κ3) is 2.65. The second-order valence-electron chi connectivity index (χ2n) is 3.64. The number of nitrogen functional groups attached to an aromatic ring is 1. The molecule has 1 aromatic heterocycles. The Labute approximate surface area is 108 Å². The quantitative estimate of drug-likeness (QED) is 0.602. The van der Waals surface area contributed by atoms with E-state index in [2.05, 4.69) is 14.9 Å². The zero-order chi connectivity index (χ0) is 14.0. The Balaban J connectivity index is 2.42. The number of rotatable bonds is 4. The summed E-state index contributed by atoms with van der Waals surface area (Å²) in [4.78, 5) is 11.0. The molecule has 2 aromatic rings. The fourth-order valence-corrected chi connectivity index (χ4v) is 2.41. The van der Waals surface area contributed by atoms with Gasteiger partial charge in [0.1, 0.15) is 0 Å². The molecular formula is C10H10N4O4S. The summed E-state index contributed by atoms with van der Waals surface area (Å²) in [5.41, 5.74) is 5.38. The summed E-state index contributed by atoms with van der Waals surface area (Å²) in [5, 5.41) is 14.6. The van der Waals surface area contributed by atoms with Gasteiger partial charge in [-0.3, -0.25) is 9.82 Å². The molecule has 0 saturated carbocycles. The minimum Gasteiger partial charge on any atom is -0.478 e. The molecule has 5 N–H and O–H groups in total. The average molecular weight is 282 g/mol. The van der Waals surface area contributed by atoms with Crippen LogP contribution in [-0.4, -0.2) is 29.7 Å². The van der Waals surface area contributed by atoms with Gasteiger partial charge in [0.05, 0.1) is 17.4 Å². The third-order valence-corrected chi connectivity index (χ3v) is 3.58. The molecule has 100 valence electrons. The number of aromatic nitrogens is 2. The van der Waals surface area contributed by atoms with Gasteiger partial charge in [0.25, 0.3) is 10.0 Å². The molecule has 9 heteroatoms.